The van der Waals surface area contributed by atoms with Crippen LogP contribution in [0.4, 0.5) is 0 Å². The molecule has 78 valence electrons. The van der Waals surface area contributed by atoms with Gasteiger partial charge in [0.15, 0.2) is 0 Å². The van der Waals surface area contributed by atoms with Crippen molar-refractivity contribution in [3.05, 3.63) is 12.3 Å². The summed E-state index contributed by atoms with van der Waals surface area (Å²) in [6.45, 7) is 11.8. The van der Waals surface area contributed by atoms with Gasteiger partial charge in [0.25, 0.3) is 0 Å². The van der Waals surface area contributed by atoms with Crippen LogP contribution in [0.1, 0.15) is 52.9 Å². The van der Waals surface area contributed by atoms with Crippen molar-refractivity contribution in [2.24, 2.45) is 5.92 Å². The molecule has 0 saturated heterocycles. The van der Waals surface area contributed by atoms with Crippen LogP contribution in [0.25, 0.3) is 0 Å². The number of unbranched alkanes of at least 4 members (excludes halogenated alkanes) is 3. The molecule has 0 unspecified atom stereocenters. The second kappa shape index (κ2) is 8.15. The summed E-state index contributed by atoms with van der Waals surface area (Å²) < 4.78 is 0. The van der Waals surface area contributed by atoms with Crippen molar-refractivity contribution in [2.45, 2.75) is 52.9 Å². The fourth-order valence-electron chi connectivity index (χ4n) is 1.38. The second-order valence-corrected chi connectivity index (χ2v) is 4.19. The van der Waals surface area contributed by atoms with Crippen molar-refractivity contribution in [2.75, 3.05) is 6.54 Å². The summed E-state index contributed by atoms with van der Waals surface area (Å²) in [7, 11) is 0. The highest BCUT2D eigenvalue weighted by molar-refractivity contribution is 4.91. The summed E-state index contributed by atoms with van der Waals surface area (Å²) in [5, 5.41) is 3.38. The van der Waals surface area contributed by atoms with Crippen LogP contribution in [0.5, 0.6) is 0 Å². The zero-order chi connectivity index (χ0) is 10.1. The first-order valence-corrected chi connectivity index (χ1v) is 5.58. The van der Waals surface area contributed by atoms with Crippen molar-refractivity contribution < 1.29 is 0 Å². The number of nitrogens with one attached hydrogen (secondary N) is 1. The second-order valence-electron chi connectivity index (χ2n) is 4.19. The van der Waals surface area contributed by atoms with Gasteiger partial charge in [0.1, 0.15) is 0 Å². The van der Waals surface area contributed by atoms with E-state index in [4.69, 9.17) is 0 Å². The molecule has 0 saturated carbocycles. The van der Waals surface area contributed by atoms with Crippen molar-refractivity contribution in [1.29, 1.82) is 0 Å². The molecule has 0 aliphatic heterocycles. The van der Waals surface area contributed by atoms with Gasteiger partial charge >= 0.3 is 0 Å². The van der Waals surface area contributed by atoms with Gasteiger partial charge in [-0.25, -0.2) is 0 Å². The molecule has 0 fully saturated rings. The fourth-order valence-corrected chi connectivity index (χ4v) is 1.38. The van der Waals surface area contributed by atoms with Gasteiger partial charge in [-0.3, -0.25) is 0 Å². The molecule has 0 aromatic carbocycles. The molecule has 0 atom stereocenters. The van der Waals surface area contributed by atoms with E-state index < -0.39 is 0 Å². The Hall–Kier alpha value is -0.460. The SMILES string of the molecule is C=C(CC(C)C)NCCCCCC. The Balaban J connectivity index is 3.17. The van der Waals surface area contributed by atoms with E-state index >= 15 is 0 Å². The topological polar surface area (TPSA) is 12.0 Å². The Morgan fingerprint density at radius 1 is 1.23 bits per heavy atom. The smallest absolute Gasteiger partial charge is 0.0143 e. The standard InChI is InChI=1S/C12H25N/c1-5-6-7-8-9-13-12(4)10-11(2)3/h11,13H,4-10H2,1-3H3. The van der Waals surface area contributed by atoms with Gasteiger partial charge in [0.05, 0.1) is 0 Å². The lowest BCUT2D eigenvalue weighted by Gasteiger charge is -2.11. The highest BCUT2D eigenvalue weighted by Gasteiger charge is 1.97. The van der Waals surface area contributed by atoms with E-state index in [2.05, 4.69) is 32.7 Å². The molecule has 0 aliphatic rings. The fraction of sp³-hybridized carbons (Fsp3) is 0.833. The summed E-state index contributed by atoms with van der Waals surface area (Å²) in [4.78, 5) is 0. The first-order valence-electron chi connectivity index (χ1n) is 5.58. The van der Waals surface area contributed by atoms with Gasteiger partial charge in [-0.05, 0) is 18.8 Å². The van der Waals surface area contributed by atoms with Crippen LogP contribution >= 0.6 is 0 Å². The molecule has 13 heavy (non-hydrogen) atoms. The molecular weight excluding hydrogens is 158 g/mol. The maximum atomic E-state index is 4.00. The van der Waals surface area contributed by atoms with Gasteiger partial charge in [0.2, 0.25) is 0 Å². The van der Waals surface area contributed by atoms with Crippen molar-refractivity contribution in [1.82, 2.24) is 5.32 Å². The summed E-state index contributed by atoms with van der Waals surface area (Å²) in [6.07, 6.45) is 6.41. The Labute approximate surface area is 83.6 Å². The normalized spacial score (nSPS) is 10.5. The first-order chi connectivity index (χ1) is 6.16. The van der Waals surface area contributed by atoms with Crippen LogP contribution in [0.2, 0.25) is 0 Å². The minimum atomic E-state index is 0.718. The summed E-state index contributed by atoms with van der Waals surface area (Å²) >= 11 is 0. The molecule has 1 nitrogen and oxygen atoms in total. The highest BCUT2D eigenvalue weighted by atomic mass is 14.9. The molecule has 0 radical (unpaired) electrons. The van der Waals surface area contributed by atoms with E-state index in [9.17, 15) is 0 Å². The molecule has 0 amide bonds. The van der Waals surface area contributed by atoms with Gasteiger partial charge in [0, 0.05) is 12.2 Å². The average molecular weight is 183 g/mol. The molecule has 1 N–H and O–H groups in total. The minimum Gasteiger partial charge on any atom is -0.389 e. The van der Waals surface area contributed by atoms with E-state index in [0.717, 1.165) is 18.9 Å². The van der Waals surface area contributed by atoms with E-state index in [1.54, 1.807) is 0 Å². The third kappa shape index (κ3) is 9.45. The average Bonchev–Trinajstić information content (AvgIpc) is 2.02. The van der Waals surface area contributed by atoms with Crippen LogP contribution in [-0.4, -0.2) is 6.54 Å². The maximum absolute atomic E-state index is 4.00. The predicted molar refractivity (Wildman–Crippen MR) is 60.7 cm³/mol. The molecular formula is C12H25N. The molecule has 0 heterocycles. The van der Waals surface area contributed by atoms with Gasteiger partial charge < -0.3 is 5.32 Å². The van der Waals surface area contributed by atoms with Gasteiger partial charge in [-0.1, -0.05) is 46.6 Å². The van der Waals surface area contributed by atoms with Crippen molar-refractivity contribution >= 4 is 0 Å². The molecule has 0 bridgehead atoms. The van der Waals surface area contributed by atoms with Crippen LogP contribution in [-0.2, 0) is 0 Å². The number of hydrogen-bond acceptors (Lipinski definition) is 1. The van der Waals surface area contributed by atoms with Crippen molar-refractivity contribution in [3.63, 3.8) is 0 Å². The first kappa shape index (κ1) is 12.5. The maximum Gasteiger partial charge on any atom is 0.0143 e. The quantitative estimate of drug-likeness (QED) is 0.566. The van der Waals surface area contributed by atoms with Crippen LogP contribution in [0.15, 0.2) is 12.3 Å². The molecule has 0 aromatic rings. The summed E-state index contributed by atoms with van der Waals surface area (Å²) in [6, 6.07) is 0. The zero-order valence-corrected chi connectivity index (χ0v) is 9.53. The third-order valence-electron chi connectivity index (χ3n) is 2.06. The minimum absolute atomic E-state index is 0.718. The van der Waals surface area contributed by atoms with E-state index in [1.807, 2.05) is 0 Å². The lowest BCUT2D eigenvalue weighted by atomic mass is 10.1. The van der Waals surface area contributed by atoms with E-state index in [1.165, 1.54) is 31.4 Å². The number of rotatable bonds is 8. The number of allylic oxidation sites excluding steroid dienone is 1. The molecule has 1 heteroatoms. The molecule has 0 aromatic heterocycles. The Morgan fingerprint density at radius 3 is 2.46 bits per heavy atom. The van der Waals surface area contributed by atoms with Crippen molar-refractivity contribution in [3.8, 4) is 0 Å². The van der Waals surface area contributed by atoms with Gasteiger partial charge in [-0.15, -0.1) is 0 Å². The lowest BCUT2D eigenvalue weighted by molar-refractivity contribution is 0.580. The monoisotopic (exact) mass is 183 g/mol. The van der Waals surface area contributed by atoms with E-state index in [0.29, 0.717) is 0 Å². The van der Waals surface area contributed by atoms with Crippen LogP contribution in [0.3, 0.4) is 0 Å². The zero-order valence-electron chi connectivity index (χ0n) is 9.53. The predicted octanol–water partition coefficient (Wildman–Crippen LogP) is 3.72. The summed E-state index contributed by atoms with van der Waals surface area (Å²) in [5.74, 6) is 0.718. The highest BCUT2D eigenvalue weighted by Crippen LogP contribution is 2.06. The Bertz CT molecular complexity index is 127. The van der Waals surface area contributed by atoms with Crippen LogP contribution in [0, 0.1) is 5.92 Å². The summed E-state index contributed by atoms with van der Waals surface area (Å²) in [5.41, 5.74) is 1.20. The Kier molecular flexibility index (Phi) is 7.86. The van der Waals surface area contributed by atoms with Gasteiger partial charge in [-0.2, -0.15) is 0 Å². The molecule has 0 aliphatic carbocycles. The molecule has 0 rings (SSSR count). The Morgan fingerprint density at radius 2 is 1.92 bits per heavy atom. The third-order valence-corrected chi connectivity index (χ3v) is 2.06. The molecule has 0 spiro atoms. The lowest BCUT2D eigenvalue weighted by Crippen LogP contribution is -2.15. The number of hydrogen-bond donors (Lipinski definition) is 1. The van der Waals surface area contributed by atoms with E-state index in [-0.39, 0.29) is 0 Å². The largest absolute Gasteiger partial charge is 0.389 e. The van der Waals surface area contributed by atoms with Crippen LogP contribution < -0.4 is 5.32 Å².